The fraction of sp³-hybridized carbons (Fsp3) is 0.250. The maximum atomic E-state index is 4.95. The second kappa shape index (κ2) is 3.11. The molecule has 0 heterocycles. The Bertz CT molecular complexity index is 170. The first kappa shape index (κ1) is 6.93. The third kappa shape index (κ3) is 1.41. The number of benzene rings is 1. The first-order valence-corrected chi connectivity index (χ1v) is 3.10. The average Bonchev–Trinajstić information content (AvgIpc) is 2.05. The minimum Gasteiger partial charge on any atom is -0.497 e. The number of hydrogen-bond acceptors (Lipinski definition) is 2. The molecule has 0 amide bonds. The summed E-state index contributed by atoms with van der Waals surface area (Å²) in [5, 5.41) is 2.97. The van der Waals surface area contributed by atoms with E-state index in [1.807, 2.05) is 19.2 Å². The van der Waals surface area contributed by atoms with Crippen molar-refractivity contribution < 1.29 is 4.74 Å². The lowest BCUT2D eigenvalue weighted by Gasteiger charge is -2.00. The Balaban J connectivity index is 2.80. The zero-order chi connectivity index (χ0) is 7.40. The van der Waals surface area contributed by atoms with Crippen LogP contribution in [0.1, 0.15) is 0 Å². The van der Waals surface area contributed by atoms with Gasteiger partial charge in [0.1, 0.15) is 5.75 Å². The molecule has 1 radical (unpaired) electrons. The van der Waals surface area contributed by atoms with Crippen molar-refractivity contribution in [1.29, 1.82) is 0 Å². The number of nitrogens with one attached hydrogen (secondary N) is 1. The predicted molar refractivity (Wildman–Crippen MR) is 41.4 cm³/mol. The number of rotatable bonds is 2. The van der Waals surface area contributed by atoms with Gasteiger partial charge in [-0.1, -0.05) is 0 Å². The van der Waals surface area contributed by atoms with E-state index in [2.05, 4.69) is 11.4 Å². The van der Waals surface area contributed by atoms with Crippen LogP contribution in [0.25, 0.3) is 0 Å². The highest BCUT2D eigenvalue weighted by molar-refractivity contribution is 5.44. The van der Waals surface area contributed by atoms with E-state index >= 15 is 0 Å². The van der Waals surface area contributed by atoms with Crippen LogP contribution in [0.2, 0.25) is 0 Å². The van der Waals surface area contributed by atoms with Crippen LogP contribution in [0.5, 0.6) is 5.75 Å². The lowest BCUT2D eigenvalue weighted by molar-refractivity contribution is 0.415. The van der Waals surface area contributed by atoms with Crippen LogP contribution in [0.15, 0.2) is 18.2 Å². The maximum absolute atomic E-state index is 4.95. The molecule has 0 aliphatic heterocycles. The monoisotopic (exact) mass is 136 g/mol. The molecule has 2 nitrogen and oxygen atoms in total. The van der Waals surface area contributed by atoms with Crippen LogP contribution in [0.4, 0.5) is 5.69 Å². The van der Waals surface area contributed by atoms with Gasteiger partial charge in [0.15, 0.2) is 0 Å². The Labute approximate surface area is 60.8 Å². The average molecular weight is 136 g/mol. The van der Waals surface area contributed by atoms with Crippen LogP contribution < -0.4 is 10.1 Å². The van der Waals surface area contributed by atoms with E-state index < -0.39 is 0 Å². The van der Waals surface area contributed by atoms with Crippen molar-refractivity contribution in [2.75, 3.05) is 19.5 Å². The van der Waals surface area contributed by atoms with E-state index in [-0.39, 0.29) is 0 Å². The largest absolute Gasteiger partial charge is 0.497 e. The number of anilines is 1. The Hall–Kier alpha value is -1.18. The summed E-state index contributed by atoms with van der Waals surface area (Å²) in [5.41, 5.74) is 0.973. The van der Waals surface area contributed by atoms with Gasteiger partial charge in [-0.2, -0.15) is 0 Å². The van der Waals surface area contributed by atoms with Gasteiger partial charge in [0.25, 0.3) is 0 Å². The predicted octanol–water partition coefficient (Wildman–Crippen LogP) is 1.54. The number of methoxy groups -OCH3 is 1. The summed E-state index contributed by atoms with van der Waals surface area (Å²) in [4.78, 5) is 0. The Morgan fingerprint density at radius 1 is 1.50 bits per heavy atom. The number of ether oxygens (including phenoxy) is 1. The zero-order valence-corrected chi connectivity index (χ0v) is 6.14. The van der Waals surface area contributed by atoms with Gasteiger partial charge in [0, 0.05) is 18.8 Å². The summed E-state index contributed by atoms with van der Waals surface area (Å²) in [7, 11) is 3.50. The topological polar surface area (TPSA) is 21.3 Å². The molecular weight excluding hydrogens is 126 g/mol. The zero-order valence-electron chi connectivity index (χ0n) is 6.14. The summed E-state index contributed by atoms with van der Waals surface area (Å²) in [6.45, 7) is 0. The summed E-state index contributed by atoms with van der Waals surface area (Å²) in [6.07, 6.45) is 0. The van der Waals surface area contributed by atoms with Crippen LogP contribution in [0, 0.1) is 6.07 Å². The highest BCUT2D eigenvalue weighted by Crippen LogP contribution is 2.12. The van der Waals surface area contributed by atoms with E-state index in [0.29, 0.717) is 0 Å². The molecule has 1 aromatic carbocycles. The first-order chi connectivity index (χ1) is 4.86. The molecule has 0 aromatic heterocycles. The Morgan fingerprint density at radius 2 is 2.30 bits per heavy atom. The molecule has 1 aromatic rings. The SMILES string of the molecule is CNc1[c]cc(OC)cc1. The lowest BCUT2D eigenvalue weighted by atomic mass is 10.3. The summed E-state index contributed by atoms with van der Waals surface area (Å²) in [6, 6.07) is 8.61. The normalized spacial score (nSPS) is 9.00. The molecular formula is C8H10NO. The quantitative estimate of drug-likeness (QED) is 0.665. The minimum atomic E-state index is 0.832. The van der Waals surface area contributed by atoms with Crippen LogP contribution >= 0.6 is 0 Å². The molecule has 0 atom stereocenters. The van der Waals surface area contributed by atoms with Crippen LogP contribution in [-0.2, 0) is 0 Å². The molecule has 0 unspecified atom stereocenters. The van der Waals surface area contributed by atoms with Crippen molar-refractivity contribution in [2.45, 2.75) is 0 Å². The first-order valence-electron chi connectivity index (χ1n) is 3.10. The second-order valence-corrected chi connectivity index (χ2v) is 1.89. The van der Waals surface area contributed by atoms with Gasteiger partial charge in [-0.25, -0.2) is 0 Å². The highest BCUT2D eigenvalue weighted by atomic mass is 16.5. The lowest BCUT2D eigenvalue weighted by Crippen LogP contribution is -1.87. The van der Waals surface area contributed by atoms with Crippen molar-refractivity contribution in [3.8, 4) is 5.75 Å². The highest BCUT2D eigenvalue weighted by Gasteiger charge is 1.89. The van der Waals surface area contributed by atoms with Crippen molar-refractivity contribution in [2.24, 2.45) is 0 Å². The summed E-state index contributed by atoms with van der Waals surface area (Å²) < 4.78 is 4.95. The van der Waals surface area contributed by atoms with Crippen molar-refractivity contribution >= 4 is 5.69 Å². The van der Waals surface area contributed by atoms with Crippen molar-refractivity contribution in [3.63, 3.8) is 0 Å². The van der Waals surface area contributed by atoms with E-state index in [0.717, 1.165) is 11.4 Å². The van der Waals surface area contributed by atoms with Gasteiger partial charge in [-0.05, 0) is 18.2 Å². The second-order valence-electron chi connectivity index (χ2n) is 1.89. The van der Waals surface area contributed by atoms with E-state index in [1.54, 1.807) is 13.2 Å². The van der Waals surface area contributed by atoms with E-state index in [1.165, 1.54) is 0 Å². The molecule has 0 bridgehead atoms. The van der Waals surface area contributed by atoms with Gasteiger partial charge in [-0.3, -0.25) is 0 Å². The maximum Gasteiger partial charge on any atom is 0.119 e. The van der Waals surface area contributed by atoms with Gasteiger partial charge < -0.3 is 10.1 Å². The van der Waals surface area contributed by atoms with Gasteiger partial charge >= 0.3 is 0 Å². The standard InChI is InChI=1S/C8H10NO/c1-9-7-3-5-8(10-2)6-4-7/h3,5-6,9H,1-2H3. The Morgan fingerprint density at radius 3 is 2.70 bits per heavy atom. The summed E-state index contributed by atoms with van der Waals surface area (Å²) >= 11 is 0. The smallest absolute Gasteiger partial charge is 0.119 e. The Kier molecular flexibility index (Phi) is 2.15. The van der Waals surface area contributed by atoms with E-state index in [4.69, 9.17) is 4.74 Å². The fourth-order valence-corrected chi connectivity index (χ4v) is 0.693. The molecule has 0 fully saturated rings. The number of hydrogen-bond donors (Lipinski definition) is 1. The van der Waals surface area contributed by atoms with Crippen LogP contribution in [-0.4, -0.2) is 14.2 Å². The molecule has 0 aliphatic rings. The fourth-order valence-electron chi connectivity index (χ4n) is 0.693. The third-order valence-corrected chi connectivity index (χ3v) is 1.29. The third-order valence-electron chi connectivity index (χ3n) is 1.29. The molecule has 0 saturated carbocycles. The molecule has 10 heavy (non-hydrogen) atoms. The van der Waals surface area contributed by atoms with Crippen LogP contribution in [0.3, 0.4) is 0 Å². The summed E-state index contributed by atoms with van der Waals surface area (Å²) in [5.74, 6) is 0.832. The molecule has 53 valence electrons. The molecule has 2 heteroatoms. The van der Waals surface area contributed by atoms with E-state index in [9.17, 15) is 0 Å². The molecule has 0 aliphatic carbocycles. The minimum absolute atomic E-state index is 0.832. The van der Waals surface area contributed by atoms with Gasteiger partial charge in [-0.15, -0.1) is 0 Å². The molecule has 1 N–H and O–H groups in total. The van der Waals surface area contributed by atoms with Crippen molar-refractivity contribution in [1.82, 2.24) is 0 Å². The molecule has 1 rings (SSSR count). The molecule has 0 spiro atoms. The van der Waals surface area contributed by atoms with Crippen molar-refractivity contribution in [3.05, 3.63) is 24.3 Å². The van der Waals surface area contributed by atoms with Gasteiger partial charge in [0.05, 0.1) is 7.11 Å². The molecule has 0 saturated heterocycles. The van der Waals surface area contributed by atoms with Gasteiger partial charge in [0.2, 0.25) is 0 Å².